The normalized spacial score (nSPS) is 12.9. The van der Waals surface area contributed by atoms with Gasteiger partial charge in [0.15, 0.2) is 0 Å². The van der Waals surface area contributed by atoms with E-state index in [9.17, 15) is 9.59 Å². The molecule has 0 aromatic rings. The lowest BCUT2D eigenvalue weighted by Crippen LogP contribution is -2.40. The molecule has 0 aliphatic rings. The van der Waals surface area contributed by atoms with Gasteiger partial charge in [0.05, 0.1) is 13.5 Å². The maximum Gasteiger partial charge on any atom is 0.410 e. The third-order valence-corrected chi connectivity index (χ3v) is 2.03. The lowest BCUT2D eigenvalue weighted by molar-refractivity contribution is -0.141. The van der Waals surface area contributed by atoms with Gasteiger partial charge in [0.25, 0.3) is 0 Å². The monoisotopic (exact) mass is 231 g/mol. The maximum atomic E-state index is 11.6. The minimum Gasteiger partial charge on any atom is -0.469 e. The summed E-state index contributed by atoms with van der Waals surface area (Å²) >= 11 is 0. The fraction of sp³-hybridized carbons (Fsp3) is 0.818. The van der Waals surface area contributed by atoms with Crippen molar-refractivity contribution in [1.29, 1.82) is 0 Å². The molecule has 0 heterocycles. The molecule has 0 aromatic heterocycles. The smallest absolute Gasteiger partial charge is 0.410 e. The van der Waals surface area contributed by atoms with E-state index in [1.807, 2.05) is 0 Å². The predicted molar refractivity (Wildman–Crippen MR) is 60.1 cm³/mol. The Morgan fingerprint density at radius 2 is 1.81 bits per heavy atom. The van der Waals surface area contributed by atoms with Crippen LogP contribution >= 0.6 is 0 Å². The minimum absolute atomic E-state index is 0.159. The maximum absolute atomic E-state index is 11.6. The van der Waals surface area contributed by atoms with Crippen molar-refractivity contribution in [2.45, 2.75) is 45.8 Å². The van der Waals surface area contributed by atoms with E-state index >= 15 is 0 Å². The highest BCUT2D eigenvalue weighted by Gasteiger charge is 2.24. The highest BCUT2D eigenvalue weighted by Crippen LogP contribution is 2.12. The average molecular weight is 231 g/mol. The third-order valence-electron chi connectivity index (χ3n) is 2.03. The van der Waals surface area contributed by atoms with Gasteiger partial charge in [0.1, 0.15) is 5.60 Å². The molecule has 94 valence electrons. The molecular formula is C11H21NO4. The molecule has 0 rings (SSSR count). The lowest BCUT2D eigenvalue weighted by atomic mass is 10.2. The van der Waals surface area contributed by atoms with Gasteiger partial charge in [-0.05, 0) is 27.7 Å². The molecule has 1 amide bonds. The SMILES string of the molecule is COC(=O)C[C@H](C)N(C)C(=O)OC(C)(C)C. The average Bonchev–Trinajstić information content (AvgIpc) is 2.13. The van der Waals surface area contributed by atoms with Gasteiger partial charge in [0.2, 0.25) is 0 Å². The molecule has 0 aliphatic heterocycles. The van der Waals surface area contributed by atoms with E-state index < -0.39 is 11.7 Å². The second-order valence-electron chi connectivity index (χ2n) is 4.72. The zero-order valence-electron chi connectivity index (χ0n) is 10.9. The van der Waals surface area contributed by atoms with E-state index in [1.54, 1.807) is 34.7 Å². The Morgan fingerprint density at radius 1 is 1.31 bits per heavy atom. The van der Waals surface area contributed by atoms with Crippen LogP contribution in [0.2, 0.25) is 0 Å². The van der Waals surface area contributed by atoms with Crippen LogP contribution < -0.4 is 0 Å². The molecule has 0 fully saturated rings. The summed E-state index contributed by atoms with van der Waals surface area (Å²) in [7, 11) is 2.92. The first-order valence-corrected chi connectivity index (χ1v) is 5.20. The van der Waals surface area contributed by atoms with E-state index in [2.05, 4.69) is 4.74 Å². The van der Waals surface area contributed by atoms with Gasteiger partial charge in [-0.2, -0.15) is 0 Å². The number of hydrogen-bond donors (Lipinski definition) is 0. The molecule has 0 aromatic carbocycles. The van der Waals surface area contributed by atoms with E-state index in [-0.39, 0.29) is 18.4 Å². The van der Waals surface area contributed by atoms with Crippen molar-refractivity contribution in [3.05, 3.63) is 0 Å². The van der Waals surface area contributed by atoms with Gasteiger partial charge < -0.3 is 14.4 Å². The van der Waals surface area contributed by atoms with E-state index in [1.165, 1.54) is 12.0 Å². The summed E-state index contributed by atoms with van der Waals surface area (Å²) < 4.78 is 9.70. The summed E-state index contributed by atoms with van der Waals surface area (Å²) in [5.41, 5.74) is -0.531. The fourth-order valence-corrected chi connectivity index (χ4v) is 0.975. The Kier molecular flexibility index (Phi) is 5.27. The number of amides is 1. The summed E-state index contributed by atoms with van der Waals surface area (Å²) in [6.45, 7) is 7.15. The van der Waals surface area contributed by atoms with E-state index in [0.717, 1.165) is 0 Å². The molecule has 0 saturated heterocycles. The van der Waals surface area contributed by atoms with Crippen molar-refractivity contribution in [3.8, 4) is 0 Å². The molecule has 16 heavy (non-hydrogen) atoms. The first-order chi connectivity index (χ1) is 7.17. The topological polar surface area (TPSA) is 55.8 Å². The summed E-state index contributed by atoms with van der Waals surface area (Å²) in [6.07, 6.45) is -0.282. The Morgan fingerprint density at radius 3 is 2.19 bits per heavy atom. The van der Waals surface area contributed by atoms with Crippen molar-refractivity contribution < 1.29 is 19.1 Å². The second kappa shape index (κ2) is 5.72. The standard InChI is InChI=1S/C11H21NO4/c1-8(7-9(13)15-6)12(5)10(14)16-11(2,3)4/h8H,7H2,1-6H3/t8-/m0/s1. The molecule has 0 spiro atoms. The van der Waals surface area contributed by atoms with Crippen molar-refractivity contribution >= 4 is 12.1 Å². The number of carbonyl (C=O) groups excluding carboxylic acids is 2. The van der Waals surface area contributed by atoms with Crippen molar-refractivity contribution in [1.82, 2.24) is 4.90 Å². The first kappa shape index (κ1) is 14.7. The summed E-state index contributed by atoms with van der Waals surface area (Å²) in [5, 5.41) is 0. The Balaban J connectivity index is 4.27. The molecule has 0 N–H and O–H groups in total. The van der Waals surface area contributed by atoms with Crippen LogP contribution in [0.3, 0.4) is 0 Å². The van der Waals surface area contributed by atoms with Gasteiger partial charge in [-0.15, -0.1) is 0 Å². The zero-order chi connectivity index (χ0) is 12.9. The molecule has 0 aliphatic carbocycles. The van der Waals surface area contributed by atoms with Crippen LogP contribution in [0.25, 0.3) is 0 Å². The Labute approximate surface area is 96.7 Å². The number of esters is 1. The van der Waals surface area contributed by atoms with Crippen LogP contribution in [-0.2, 0) is 14.3 Å². The predicted octanol–water partition coefficient (Wildman–Crippen LogP) is 1.80. The highest BCUT2D eigenvalue weighted by atomic mass is 16.6. The zero-order valence-corrected chi connectivity index (χ0v) is 10.9. The number of methoxy groups -OCH3 is 1. The summed E-state index contributed by atoms with van der Waals surface area (Å²) in [4.78, 5) is 24.0. The van der Waals surface area contributed by atoms with Crippen molar-refractivity contribution in [2.75, 3.05) is 14.2 Å². The van der Waals surface area contributed by atoms with Gasteiger partial charge in [-0.25, -0.2) is 4.79 Å². The van der Waals surface area contributed by atoms with E-state index in [4.69, 9.17) is 4.74 Å². The molecule has 1 atom stereocenters. The summed E-state index contributed by atoms with van der Waals surface area (Å²) in [5.74, 6) is -0.345. The van der Waals surface area contributed by atoms with Crippen LogP contribution in [0.15, 0.2) is 0 Å². The van der Waals surface area contributed by atoms with Crippen LogP contribution in [0, 0.1) is 0 Å². The molecule has 0 saturated carbocycles. The van der Waals surface area contributed by atoms with Crippen LogP contribution in [-0.4, -0.2) is 42.8 Å². The highest BCUT2D eigenvalue weighted by molar-refractivity contribution is 5.72. The van der Waals surface area contributed by atoms with Gasteiger partial charge in [0, 0.05) is 13.1 Å². The van der Waals surface area contributed by atoms with Gasteiger partial charge in [-0.3, -0.25) is 4.79 Å². The van der Waals surface area contributed by atoms with Crippen LogP contribution in [0.1, 0.15) is 34.1 Å². The number of carbonyl (C=O) groups is 2. The van der Waals surface area contributed by atoms with Crippen LogP contribution in [0.4, 0.5) is 4.79 Å². The van der Waals surface area contributed by atoms with Crippen molar-refractivity contribution in [2.24, 2.45) is 0 Å². The Hall–Kier alpha value is -1.26. The fourth-order valence-electron chi connectivity index (χ4n) is 0.975. The van der Waals surface area contributed by atoms with Gasteiger partial charge in [-0.1, -0.05) is 0 Å². The molecule has 5 nitrogen and oxygen atoms in total. The van der Waals surface area contributed by atoms with Gasteiger partial charge >= 0.3 is 12.1 Å². The minimum atomic E-state index is -0.531. The quantitative estimate of drug-likeness (QED) is 0.695. The number of rotatable bonds is 3. The molecular weight excluding hydrogens is 210 g/mol. The third kappa shape index (κ3) is 5.58. The number of hydrogen-bond acceptors (Lipinski definition) is 4. The molecule has 0 bridgehead atoms. The summed E-state index contributed by atoms with van der Waals surface area (Å²) in [6, 6.07) is -0.248. The molecule has 5 heteroatoms. The van der Waals surface area contributed by atoms with Crippen LogP contribution in [0.5, 0.6) is 0 Å². The first-order valence-electron chi connectivity index (χ1n) is 5.20. The molecule has 0 unspecified atom stereocenters. The lowest BCUT2D eigenvalue weighted by Gasteiger charge is -2.28. The number of nitrogens with zero attached hydrogens (tertiary/aromatic N) is 1. The number of ether oxygens (including phenoxy) is 2. The van der Waals surface area contributed by atoms with E-state index in [0.29, 0.717) is 0 Å². The second-order valence-corrected chi connectivity index (χ2v) is 4.72. The molecule has 0 radical (unpaired) electrons. The Bertz CT molecular complexity index is 257. The largest absolute Gasteiger partial charge is 0.469 e. The van der Waals surface area contributed by atoms with Crippen molar-refractivity contribution in [3.63, 3.8) is 0 Å².